The number of quaternary nitrogens is 1. The quantitative estimate of drug-likeness (QED) is 0.503. The number of imide groups is 1. The zero-order valence-electron chi connectivity index (χ0n) is 17.3. The predicted octanol–water partition coefficient (Wildman–Crippen LogP) is -0.366. The number of benzene rings is 1. The Balaban J connectivity index is 1.58. The molecular weight excluding hydrogens is 398 g/mol. The summed E-state index contributed by atoms with van der Waals surface area (Å²) < 4.78 is 0. The number of aliphatic carboxylic acids is 1. The van der Waals surface area contributed by atoms with Crippen LogP contribution in [0.15, 0.2) is 24.3 Å². The number of carboxylic acid groups (broad SMARTS) is 1. The number of rotatable bonds is 4. The third kappa shape index (κ3) is 2.91. The lowest BCUT2D eigenvalue weighted by atomic mass is 9.76. The summed E-state index contributed by atoms with van der Waals surface area (Å²) in [7, 11) is 0. The van der Waals surface area contributed by atoms with Gasteiger partial charge in [0.1, 0.15) is 17.9 Å². The van der Waals surface area contributed by atoms with Gasteiger partial charge in [0.2, 0.25) is 17.4 Å². The fourth-order valence-corrected chi connectivity index (χ4v) is 6.37. The summed E-state index contributed by atoms with van der Waals surface area (Å²) in [6.07, 6.45) is 5.70. The van der Waals surface area contributed by atoms with Crippen LogP contribution < -0.4 is 15.7 Å². The normalized spacial score (nSPS) is 32.8. The lowest BCUT2D eigenvalue weighted by molar-refractivity contribution is -0.734. The van der Waals surface area contributed by atoms with Gasteiger partial charge in [0.15, 0.2) is 0 Å². The van der Waals surface area contributed by atoms with Crippen LogP contribution in [0, 0.1) is 11.8 Å². The maximum absolute atomic E-state index is 13.8. The number of nitrogens with zero attached hydrogens (tertiary/aromatic N) is 1. The summed E-state index contributed by atoms with van der Waals surface area (Å²) in [5.41, 5.74) is 0.121. The van der Waals surface area contributed by atoms with Crippen LogP contribution in [0.2, 0.25) is 0 Å². The topological polar surface area (TPSA) is 123 Å². The van der Waals surface area contributed by atoms with Crippen molar-refractivity contribution in [2.24, 2.45) is 11.8 Å². The van der Waals surface area contributed by atoms with Crippen molar-refractivity contribution in [3.8, 4) is 0 Å². The first-order chi connectivity index (χ1) is 14.9. The first-order valence-corrected chi connectivity index (χ1v) is 11.3. The minimum Gasteiger partial charge on any atom is -0.550 e. The first-order valence-electron chi connectivity index (χ1n) is 11.3. The molecule has 0 radical (unpaired) electrons. The molecular formula is C23H27N3O5. The molecule has 1 aromatic rings. The van der Waals surface area contributed by atoms with Gasteiger partial charge in [0.05, 0.1) is 5.69 Å². The van der Waals surface area contributed by atoms with Crippen molar-refractivity contribution >= 4 is 29.4 Å². The van der Waals surface area contributed by atoms with E-state index in [9.17, 15) is 24.3 Å². The molecule has 3 fully saturated rings. The van der Waals surface area contributed by atoms with Crippen LogP contribution in [0.4, 0.5) is 5.69 Å². The molecule has 3 heterocycles. The highest BCUT2D eigenvalue weighted by Crippen LogP contribution is 2.50. The summed E-state index contributed by atoms with van der Waals surface area (Å²) >= 11 is 0. The first kappa shape index (κ1) is 20.2. The van der Waals surface area contributed by atoms with Crippen molar-refractivity contribution in [3.05, 3.63) is 29.8 Å². The second kappa shape index (κ2) is 7.44. The molecule has 1 saturated carbocycles. The van der Waals surface area contributed by atoms with Gasteiger partial charge >= 0.3 is 0 Å². The third-order valence-corrected chi connectivity index (χ3v) is 7.68. The molecule has 3 amide bonds. The molecule has 8 heteroatoms. The van der Waals surface area contributed by atoms with Crippen molar-refractivity contribution in [2.75, 3.05) is 5.32 Å². The van der Waals surface area contributed by atoms with E-state index in [1.165, 1.54) is 4.90 Å². The van der Waals surface area contributed by atoms with Crippen LogP contribution in [-0.4, -0.2) is 40.7 Å². The Labute approximate surface area is 180 Å². The lowest BCUT2D eigenvalue weighted by Gasteiger charge is -2.30. The SMILES string of the molecule is O=C([O-])CC[C@H]1[NH2+][C@]2(C(=O)Nc3ccccc32)[C@@H]2C(=O)N(C3CCCCCC3)C(=O)[C@@H]21. The molecule has 4 aliphatic rings. The number of nitrogens with two attached hydrogens (primary N) is 1. The van der Waals surface area contributed by atoms with E-state index in [-0.39, 0.29) is 36.6 Å². The van der Waals surface area contributed by atoms with E-state index in [0.717, 1.165) is 38.5 Å². The number of para-hydroxylation sites is 1. The van der Waals surface area contributed by atoms with Gasteiger partial charge in [0.25, 0.3) is 5.91 Å². The monoisotopic (exact) mass is 425 g/mol. The van der Waals surface area contributed by atoms with Crippen LogP contribution in [-0.2, 0) is 24.7 Å². The fraction of sp³-hybridized carbons (Fsp3) is 0.565. The molecule has 0 aromatic heterocycles. The number of hydrogen-bond acceptors (Lipinski definition) is 5. The molecule has 1 aromatic carbocycles. The number of carboxylic acids is 1. The molecule has 2 saturated heterocycles. The molecule has 4 atom stereocenters. The highest BCUT2D eigenvalue weighted by molar-refractivity contribution is 6.14. The molecule has 31 heavy (non-hydrogen) atoms. The number of hydrogen-bond donors (Lipinski definition) is 2. The van der Waals surface area contributed by atoms with Gasteiger partial charge in [-0.25, -0.2) is 0 Å². The number of fused-ring (bicyclic) bond motifs is 4. The van der Waals surface area contributed by atoms with Crippen molar-refractivity contribution in [1.29, 1.82) is 0 Å². The molecule has 5 rings (SSSR count). The van der Waals surface area contributed by atoms with Crippen LogP contribution in [0.25, 0.3) is 0 Å². The summed E-state index contributed by atoms with van der Waals surface area (Å²) in [6, 6.07) is 6.66. The minimum absolute atomic E-state index is 0.133. The Hall–Kier alpha value is -2.74. The average Bonchev–Trinajstić information content (AvgIpc) is 3.21. The second-order valence-electron chi connectivity index (χ2n) is 9.31. The number of likely N-dealkylation sites (tertiary alicyclic amines) is 1. The Kier molecular flexibility index (Phi) is 4.84. The largest absolute Gasteiger partial charge is 0.550 e. The number of nitrogens with one attached hydrogen (secondary N) is 1. The molecule has 1 spiro atoms. The number of anilines is 1. The fourth-order valence-electron chi connectivity index (χ4n) is 6.37. The van der Waals surface area contributed by atoms with Crippen LogP contribution in [0.3, 0.4) is 0 Å². The molecule has 3 N–H and O–H groups in total. The number of amides is 3. The number of carbonyl (C=O) groups excluding carboxylic acids is 4. The maximum atomic E-state index is 13.8. The van der Waals surface area contributed by atoms with Crippen molar-refractivity contribution in [2.45, 2.75) is 69.0 Å². The van der Waals surface area contributed by atoms with Crippen LogP contribution in [0.1, 0.15) is 56.9 Å². The van der Waals surface area contributed by atoms with E-state index in [0.29, 0.717) is 11.3 Å². The molecule has 1 aliphatic carbocycles. The van der Waals surface area contributed by atoms with E-state index in [1.54, 1.807) is 11.4 Å². The molecule has 0 unspecified atom stereocenters. The van der Waals surface area contributed by atoms with E-state index in [2.05, 4.69) is 5.32 Å². The van der Waals surface area contributed by atoms with E-state index in [4.69, 9.17) is 0 Å². The minimum atomic E-state index is -1.23. The van der Waals surface area contributed by atoms with Crippen LogP contribution in [0.5, 0.6) is 0 Å². The number of carbonyl (C=O) groups is 4. The van der Waals surface area contributed by atoms with Gasteiger partial charge < -0.3 is 20.5 Å². The van der Waals surface area contributed by atoms with Crippen LogP contribution >= 0.6 is 0 Å². The van der Waals surface area contributed by atoms with Crippen molar-refractivity contribution in [1.82, 2.24) is 4.90 Å². The Morgan fingerprint density at radius 3 is 2.52 bits per heavy atom. The Morgan fingerprint density at radius 1 is 1.10 bits per heavy atom. The standard InChI is InChI=1S/C23H27N3O5/c27-17(28)12-11-16-18-19(21(30)26(20(18)29)13-7-3-1-2-4-8-13)23(25-16)14-9-5-6-10-15(14)24-22(23)31/h5-6,9-10,13,16,18-19,25H,1-4,7-8,11-12H2,(H,24,31)(H,27,28)/t16-,18-,19+,23+/m1/s1. The average molecular weight is 425 g/mol. The predicted molar refractivity (Wildman–Crippen MR) is 107 cm³/mol. The Bertz CT molecular complexity index is 954. The molecule has 164 valence electrons. The van der Waals surface area contributed by atoms with Gasteiger partial charge in [-0.15, -0.1) is 0 Å². The van der Waals surface area contributed by atoms with E-state index >= 15 is 0 Å². The van der Waals surface area contributed by atoms with Crippen molar-refractivity contribution < 1.29 is 29.6 Å². The molecule has 3 aliphatic heterocycles. The van der Waals surface area contributed by atoms with Gasteiger partial charge in [-0.05, 0) is 25.3 Å². The van der Waals surface area contributed by atoms with Gasteiger partial charge in [-0.3, -0.25) is 19.3 Å². The maximum Gasteiger partial charge on any atom is 0.291 e. The van der Waals surface area contributed by atoms with Gasteiger partial charge in [-0.2, -0.15) is 0 Å². The summed E-state index contributed by atoms with van der Waals surface area (Å²) in [5, 5.41) is 15.8. The van der Waals surface area contributed by atoms with E-state index in [1.807, 2.05) is 18.2 Å². The Morgan fingerprint density at radius 2 is 1.81 bits per heavy atom. The molecule has 0 bridgehead atoms. The lowest BCUT2D eigenvalue weighted by Crippen LogP contribution is -2.99. The third-order valence-electron chi connectivity index (χ3n) is 7.68. The zero-order chi connectivity index (χ0) is 21.8. The summed E-state index contributed by atoms with van der Waals surface area (Å²) in [4.78, 5) is 53.3. The van der Waals surface area contributed by atoms with Crippen molar-refractivity contribution in [3.63, 3.8) is 0 Å². The summed E-state index contributed by atoms with van der Waals surface area (Å²) in [5.74, 6) is -3.54. The van der Waals surface area contributed by atoms with Gasteiger partial charge in [0, 0.05) is 24.0 Å². The highest BCUT2D eigenvalue weighted by Gasteiger charge is 2.74. The highest BCUT2D eigenvalue weighted by atomic mass is 16.4. The zero-order valence-corrected chi connectivity index (χ0v) is 17.3. The van der Waals surface area contributed by atoms with Gasteiger partial charge in [-0.1, -0.05) is 43.9 Å². The summed E-state index contributed by atoms with van der Waals surface area (Å²) in [6.45, 7) is 0. The second-order valence-corrected chi connectivity index (χ2v) is 9.31. The molecule has 8 nitrogen and oxygen atoms in total. The van der Waals surface area contributed by atoms with E-state index < -0.39 is 29.4 Å². The smallest absolute Gasteiger partial charge is 0.291 e.